The number of ether oxygens (including phenoxy) is 2. The van der Waals surface area contributed by atoms with Gasteiger partial charge in [0.05, 0.1) is 11.5 Å². The lowest BCUT2D eigenvalue weighted by atomic mass is 9.43. The van der Waals surface area contributed by atoms with Crippen molar-refractivity contribution in [2.24, 2.45) is 34.0 Å². The Balaban J connectivity index is 1.95. The van der Waals surface area contributed by atoms with Crippen LogP contribution in [-0.4, -0.2) is 53.4 Å². The van der Waals surface area contributed by atoms with Crippen LogP contribution in [-0.2, 0) is 23.9 Å². The van der Waals surface area contributed by atoms with E-state index in [1.807, 2.05) is 13.8 Å². The Morgan fingerprint density at radius 3 is 2.66 bits per heavy atom. The fraction of sp³-hybridized carbons (Fsp3) is 0.773. The Labute approximate surface area is 170 Å². The Kier molecular flexibility index (Phi) is 4.52. The maximum Gasteiger partial charge on any atom is 0.320 e. The van der Waals surface area contributed by atoms with Crippen LogP contribution in [0.2, 0.25) is 0 Å². The molecule has 0 aromatic heterocycles. The number of aliphatic hydroxyl groups excluding tert-OH is 2. The van der Waals surface area contributed by atoms with Gasteiger partial charge in [-0.3, -0.25) is 14.4 Å². The van der Waals surface area contributed by atoms with Gasteiger partial charge in [-0.25, -0.2) is 0 Å². The fourth-order valence-corrected chi connectivity index (χ4v) is 7.09. The Morgan fingerprint density at radius 1 is 1.34 bits per heavy atom. The molecular weight excluding hydrogens is 376 g/mol. The van der Waals surface area contributed by atoms with Crippen LogP contribution in [0.5, 0.6) is 0 Å². The highest BCUT2D eigenvalue weighted by atomic mass is 16.6. The van der Waals surface area contributed by atoms with E-state index in [2.05, 4.69) is 6.58 Å². The largest absolute Gasteiger partial charge is 0.465 e. The van der Waals surface area contributed by atoms with Gasteiger partial charge in [-0.05, 0) is 48.5 Å². The van der Waals surface area contributed by atoms with Crippen LogP contribution in [0, 0.1) is 34.0 Å². The zero-order valence-corrected chi connectivity index (χ0v) is 17.3. The van der Waals surface area contributed by atoms with Gasteiger partial charge in [-0.1, -0.05) is 20.4 Å². The molecule has 1 saturated heterocycles. The number of allylic oxidation sites excluding steroid dienone is 1. The molecule has 7 nitrogen and oxygen atoms in total. The van der Waals surface area contributed by atoms with Crippen molar-refractivity contribution >= 4 is 17.7 Å². The molecule has 1 spiro atoms. The monoisotopic (exact) mass is 406 g/mol. The van der Waals surface area contributed by atoms with Crippen molar-refractivity contribution in [3.05, 3.63) is 12.2 Å². The number of rotatable bonds is 3. The molecule has 1 aliphatic heterocycles. The lowest BCUT2D eigenvalue weighted by Crippen LogP contribution is -2.72. The molecular formula is C22H30O7. The van der Waals surface area contributed by atoms with Gasteiger partial charge in [0.15, 0.2) is 5.78 Å². The van der Waals surface area contributed by atoms with E-state index in [0.29, 0.717) is 24.8 Å². The molecule has 0 aromatic carbocycles. The zero-order valence-electron chi connectivity index (χ0n) is 17.3. The fourth-order valence-electron chi connectivity index (χ4n) is 7.09. The van der Waals surface area contributed by atoms with Gasteiger partial charge in [-0.2, -0.15) is 0 Å². The Morgan fingerprint density at radius 2 is 2.03 bits per heavy atom. The maximum atomic E-state index is 13.3. The molecule has 0 radical (unpaired) electrons. The van der Waals surface area contributed by atoms with Crippen LogP contribution < -0.4 is 0 Å². The summed E-state index contributed by atoms with van der Waals surface area (Å²) in [6, 6.07) is 0. The first-order chi connectivity index (χ1) is 13.5. The summed E-state index contributed by atoms with van der Waals surface area (Å²) < 4.78 is 11.4. The zero-order chi connectivity index (χ0) is 21.4. The molecule has 160 valence electrons. The first kappa shape index (κ1) is 20.5. The molecule has 4 fully saturated rings. The van der Waals surface area contributed by atoms with Gasteiger partial charge in [0.2, 0.25) is 0 Å². The Bertz CT molecular complexity index is 786. The number of hydrogen-bond donors (Lipinski definition) is 2. The minimum Gasteiger partial charge on any atom is -0.465 e. The second-order valence-corrected chi connectivity index (χ2v) is 10.1. The maximum absolute atomic E-state index is 13.3. The predicted molar refractivity (Wildman–Crippen MR) is 101 cm³/mol. The number of carbonyl (C=O) groups is 3. The first-order valence-electron chi connectivity index (χ1n) is 10.4. The van der Waals surface area contributed by atoms with E-state index < -0.39 is 46.8 Å². The molecule has 2 bridgehead atoms. The number of Topliss-reactive ketones (excluding diaryl/α,β-unsaturated/α-hetero) is 1. The number of hydrogen-bond acceptors (Lipinski definition) is 7. The third-order valence-corrected chi connectivity index (χ3v) is 8.34. The van der Waals surface area contributed by atoms with Crippen molar-refractivity contribution in [3.8, 4) is 0 Å². The highest BCUT2D eigenvalue weighted by Crippen LogP contribution is 2.68. The minimum atomic E-state index is -1.52. The van der Waals surface area contributed by atoms with Gasteiger partial charge in [0.25, 0.3) is 0 Å². The molecule has 0 aromatic rings. The van der Waals surface area contributed by atoms with Crippen molar-refractivity contribution in [2.45, 2.75) is 58.7 Å². The molecule has 29 heavy (non-hydrogen) atoms. The van der Waals surface area contributed by atoms with Crippen LogP contribution in [0.4, 0.5) is 0 Å². The molecule has 3 saturated carbocycles. The molecule has 0 amide bonds. The number of fused-ring (bicyclic) bond motifs is 3. The van der Waals surface area contributed by atoms with E-state index >= 15 is 0 Å². The third-order valence-electron chi connectivity index (χ3n) is 8.34. The summed E-state index contributed by atoms with van der Waals surface area (Å²) in [6.07, 6.45) is 0.232. The lowest BCUT2D eigenvalue weighted by molar-refractivity contribution is -0.270. The number of aliphatic hydroxyl groups is 2. The van der Waals surface area contributed by atoms with Crippen LogP contribution in [0.25, 0.3) is 0 Å². The van der Waals surface area contributed by atoms with Gasteiger partial charge >= 0.3 is 11.9 Å². The summed E-state index contributed by atoms with van der Waals surface area (Å²) in [5.74, 6) is -2.93. The average Bonchev–Trinajstić information content (AvgIpc) is 2.83. The van der Waals surface area contributed by atoms with Gasteiger partial charge in [0.1, 0.15) is 18.1 Å². The van der Waals surface area contributed by atoms with Crippen LogP contribution in [0.15, 0.2) is 12.2 Å². The van der Waals surface area contributed by atoms with Crippen molar-refractivity contribution < 1.29 is 34.1 Å². The van der Waals surface area contributed by atoms with E-state index in [0.717, 1.165) is 0 Å². The van der Waals surface area contributed by atoms with E-state index in [1.165, 1.54) is 6.92 Å². The van der Waals surface area contributed by atoms with Crippen LogP contribution in [0.3, 0.4) is 0 Å². The molecule has 7 atom stereocenters. The second-order valence-electron chi connectivity index (χ2n) is 10.1. The second kappa shape index (κ2) is 6.38. The number of carbonyl (C=O) groups excluding carboxylic acids is 3. The summed E-state index contributed by atoms with van der Waals surface area (Å²) in [6.45, 7) is 8.92. The molecule has 7 heteroatoms. The predicted octanol–water partition coefficient (Wildman–Crippen LogP) is 1.40. The number of esters is 2. The third kappa shape index (κ3) is 2.46. The smallest absolute Gasteiger partial charge is 0.320 e. The summed E-state index contributed by atoms with van der Waals surface area (Å²) in [4.78, 5) is 38.3. The summed E-state index contributed by atoms with van der Waals surface area (Å²) >= 11 is 0. The summed E-state index contributed by atoms with van der Waals surface area (Å²) in [5.41, 5.74) is -2.55. The molecule has 4 aliphatic rings. The van der Waals surface area contributed by atoms with Crippen LogP contribution >= 0.6 is 0 Å². The highest BCUT2D eigenvalue weighted by molar-refractivity contribution is 6.15. The number of ketones is 1. The minimum absolute atomic E-state index is 0.108. The van der Waals surface area contributed by atoms with Crippen molar-refractivity contribution in [1.29, 1.82) is 0 Å². The average molecular weight is 406 g/mol. The molecule has 2 N–H and O–H groups in total. The summed E-state index contributed by atoms with van der Waals surface area (Å²) in [7, 11) is 0. The van der Waals surface area contributed by atoms with Gasteiger partial charge in [0, 0.05) is 19.4 Å². The van der Waals surface area contributed by atoms with E-state index in [-0.39, 0.29) is 36.8 Å². The molecule has 1 heterocycles. The quantitative estimate of drug-likeness (QED) is 0.414. The Hall–Kier alpha value is -1.73. The van der Waals surface area contributed by atoms with Crippen LogP contribution in [0.1, 0.15) is 46.5 Å². The topological polar surface area (TPSA) is 110 Å². The van der Waals surface area contributed by atoms with Crippen molar-refractivity contribution in [3.63, 3.8) is 0 Å². The van der Waals surface area contributed by atoms with Crippen molar-refractivity contribution in [1.82, 2.24) is 0 Å². The lowest BCUT2D eigenvalue weighted by Gasteiger charge is -2.64. The van der Waals surface area contributed by atoms with E-state index in [9.17, 15) is 24.6 Å². The highest BCUT2D eigenvalue weighted by Gasteiger charge is 2.77. The van der Waals surface area contributed by atoms with Crippen molar-refractivity contribution in [2.75, 3.05) is 13.2 Å². The first-order valence-corrected chi connectivity index (χ1v) is 10.4. The molecule has 4 rings (SSSR count). The molecule has 3 aliphatic carbocycles. The summed E-state index contributed by atoms with van der Waals surface area (Å²) in [5, 5.41) is 21.7. The standard InChI is InChI=1S/C22H30O7/c1-11-13-7-14(25)17-21(8-13,18(11)26)19(27)29-16-5-6-20(3,4)15(9-23)22(16,17)10-28-12(2)24/h13-17,23,25H,1,5-10H2,2-4H3/t13-,14+,15-,16+,17?,21-,22+/m1/s1. The SMILES string of the molecule is C=C1C(=O)[C@@]23C[C@H]1C[C@H](O)C2[C@]1(COC(C)=O)[C@H](CCC(C)(C)[C@H]1CO)OC3=O. The van der Waals surface area contributed by atoms with E-state index in [4.69, 9.17) is 9.47 Å². The van der Waals surface area contributed by atoms with E-state index in [1.54, 1.807) is 0 Å². The normalized spacial score (nSPS) is 45.3. The molecule has 1 unspecified atom stereocenters. The van der Waals surface area contributed by atoms with Gasteiger partial charge in [-0.15, -0.1) is 0 Å². The van der Waals surface area contributed by atoms with Gasteiger partial charge < -0.3 is 19.7 Å².